The molecule has 6 heteroatoms. The first kappa shape index (κ1) is 15.7. The topological polar surface area (TPSA) is 64.3 Å². The van der Waals surface area contributed by atoms with E-state index in [1.54, 1.807) is 7.11 Å². The first-order chi connectivity index (χ1) is 11.1. The zero-order valence-corrected chi connectivity index (χ0v) is 14.2. The molecule has 3 rings (SSSR count). The van der Waals surface area contributed by atoms with E-state index in [1.165, 1.54) is 0 Å². The summed E-state index contributed by atoms with van der Waals surface area (Å²) in [6.45, 7) is 7.76. The number of nitrogens with one attached hydrogen (secondary N) is 1. The molecule has 0 bridgehead atoms. The summed E-state index contributed by atoms with van der Waals surface area (Å²) in [5.41, 5.74) is 4.81. The van der Waals surface area contributed by atoms with Crippen LogP contribution in [0.25, 0.3) is 16.7 Å². The molecule has 122 valence electrons. The molecule has 0 aliphatic heterocycles. The zero-order chi connectivity index (χ0) is 16.4. The molecule has 0 aliphatic rings. The molecule has 3 aromatic rings. The van der Waals surface area contributed by atoms with Crippen molar-refractivity contribution in [2.24, 2.45) is 0 Å². The molecule has 0 aliphatic carbocycles. The standard InChI is InChI=1S/C17H23N5O/c1-5-13-10-14(18-7-6-8-23-4)22-17(20-13)15-11(2)9-12(3)19-16(15)21-22/h9-10,18H,5-8H2,1-4H3. The van der Waals surface area contributed by atoms with Crippen LogP contribution < -0.4 is 5.32 Å². The van der Waals surface area contributed by atoms with Gasteiger partial charge in [0.15, 0.2) is 11.3 Å². The average molecular weight is 313 g/mol. The van der Waals surface area contributed by atoms with Crippen LogP contribution in [0.3, 0.4) is 0 Å². The van der Waals surface area contributed by atoms with E-state index in [1.807, 2.05) is 11.4 Å². The molecule has 0 unspecified atom stereocenters. The normalized spacial score (nSPS) is 11.5. The Balaban J connectivity index is 2.13. The highest BCUT2D eigenvalue weighted by Crippen LogP contribution is 2.24. The zero-order valence-electron chi connectivity index (χ0n) is 14.2. The van der Waals surface area contributed by atoms with Gasteiger partial charge in [0.1, 0.15) is 5.82 Å². The molecule has 0 fully saturated rings. The molecule has 0 spiro atoms. The molecule has 0 radical (unpaired) electrons. The predicted octanol–water partition coefficient (Wildman–Crippen LogP) is 2.91. The van der Waals surface area contributed by atoms with Crippen molar-refractivity contribution in [2.75, 3.05) is 25.6 Å². The maximum Gasteiger partial charge on any atom is 0.184 e. The van der Waals surface area contributed by atoms with E-state index in [0.29, 0.717) is 0 Å². The van der Waals surface area contributed by atoms with E-state index in [9.17, 15) is 0 Å². The van der Waals surface area contributed by atoms with Gasteiger partial charge in [0, 0.05) is 37.7 Å². The Morgan fingerprint density at radius 3 is 2.78 bits per heavy atom. The van der Waals surface area contributed by atoms with E-state index in [2.05, 4.69) is 41.4 Å². The van der Waals surface area contributed by atoms with Crippen molar-refractivity contribution in [3.8, 4) is 0 Å². The Hall–Kier alpha value is -2.21. The number of nitrogens with zero attached hydrogens (tertiary/aromatic N) is 4. The molecule has 0 aromatic carbocycles. The monoisotopic (exact) mass is 313 g/mol. The van der Waals surface area contributed by atoms with Gasteiger partial charge in [0.05, 0.1) is 5.39 Å². The van der Waals surface area contributed by atoms with Gasteiger partial charge < -0.3 is 10.1 Å². The summed E-state index contributed by atoms with van der Waals surface area (Å²) < 4.78 is 6.98. The summed E-state index contributed by atoms with van der Waals surface area (Å²) in [7, 11) is 1.72. The minimum absolute atomic E-state index is 0.739. The van der Waals surface area contributed by atoms with Gasteiger partial charge in [-0.05, 0) is 38.3 Å². The lowest BCUT2D eigenvalue weighted by atomic mass is 10.2. The van der Waals surface area contributed by atoms with Crippen molar-refractivity contribution in [1.82, 2.24) is 19.6 Å². The molecule has 0 saturated carbocycles. The molecule has 0 saturated heterocycles. The SMILES string of the molecule is CCc1cc(NCCCOC)n2nc3nc(C)cc(C)c3c2n1. The van der Waals surface area contributed by atoms with E-state index >= 15 is 0 Å². The Morgan fingerprint density at radius 2 is 2.04 bits per heavy atom. The maximum absolute atomic E-state index is 5.10. The fourth-order valence-electron chi connectivity index (χ4n) is 2.81. The molecule has 6 nitrogen and oxygen atoms in total. The van der Waals surface area contributed by atoms with Crippen LogP contribution in [0.1, 0.15) is 30.3 Å². The molecular weight excluding hydrogens is 290 g/mol. The van der Waals surface area contributed by atoms with Gasteiger partial charge in [0.25, 0.3) is 0 Å². The van der Waals surface area contributed by atoms with Crippen LogP contribution in [-0.2, 0) is 11.2 Å². The van der Waals surface area contributed by atoms with Crippen LogP contribution in [0, 0.1) is 13.8 Å². The van der Waals surface area contributed by atoms with Gasteiger partial charge in [-0.1, -0.05) is 6.92 Å². The highest BCUT2D eigenvalue weighted by atomic mass is 16.5. The van der Waals surface area contributed by atoms with Gasteiger partial charge in [-0.2, -0.15) is 4.52 Å². The van der Waals surface area contributed by atoms with E-state index in [0.717, 1.165) is 65.4 Å². The quantitative estimate of drug-likeness (QED) is 0.709. The number of hydrogen-bond acceptors (Lipinski definition) is 5. The number of fused-ring (bicyclic) bond motifs is 3. The number of pyridine rings is 1. The van der Waals surface area contributed by atoms with Crippen LogP contribution in [0.15, 0.2) is 12.1 Å². The average Bonchev–Trinajstić information content (AvgIpc) is 2.89. The number of aromatic nitrogens is 4. The third-order valence-corrected chi connectivity index (χ3v) is 3.92. The second-order valence-corrected chi connectivity index (χ2v) is 5.77. The summed E-state index contributed by atoms with van der Waals surface area (Å²) in [6, 6.07) is 4.14. The lowest BCUT2D eigenvalue weighted by molar-refractivity contribution is 0.197. The first-order valence-corrected chi connectivity index (χ1v) is 8.03. The minimum Gasteiger partial charge on any atom is -0.385 e. The minimum atomic E-state index is 0.739. The molecule has 3 heterocycles. The summed E-state index contributed by atoms with van der Waals surface area (Å²) in [5, 5.41) is 9.14. The highest BCUT2D eigenvalue weighted by molar-refractivity contribution is 5.93. The largest absolute Gasteiger partial charge is 0.385 e. The maximum atomic E-state index is 5.10. The number of methoxy groups -OCH3 is 1. The molecule has 3 aromatic heterocycles. The number of aryl methyl sites for hydroxylation is 3. The van der Waals surface area contributed by atoms with Crippen molar-refractivity contribution in [3.63, 3.8) is 0 Å². The number of ether oxygens (including phenoxy) is 1. The fourth-order valence-corrected chi connectivity index (χ4v) is 2.81. The predicted molar refractivity (Wildman–Crippen MR) is 92.1 cm³/mol. The van der Waals surface area contributed by atoms with Crippen LogP contribution in [0.4, 0.5) is 5.82 Å². The van der Waals surface area contributed by atoms with Gasteiger partial charge in [-0.15, -0.1) is 5.10 Å². The van der Waals surface area contributed by atoms with Gasteiger partial charge in [-0.3, -0.25) is 0 Å². The van der Waals surface area contributed by atoms with Crippen LogP contribution in [0.2, 0.25) is 0 Å². The second kappa shape index (κ2) is 6.50. The van der Waals surface area contributed by atoms with E-state index < -0.39 is 0 Å². The van der Waals surface area contributed by atoms with Crippen molar-refractivity contribution in [1.29, 1.82) is 0 Å². The molecule has 0 amide bonds. The first-order valence-electron chi connectivity index (χ1n) is 8.03. The van der Waals surface area contributed by atoms with Crippen molar-refractivity contribution in [2.45, 2.75) is 33.6 Å². The van der Waals surface area contributed by atoms with Gasteiger partial charge in [-0.25, -0.2) is 9.97 Å². The Bertz CT molecular complexity index is 840. The highest BCUT2D eigenvalue weighted by Gasteiger charge is 2.14. The van der Waals surface area contributed by atoms with E-state index in [4.69, 9.17) is 9.72 Å². The third kappa shape index (κ3) is 2.99. The van der Waals surface area contributed by atoms with Crippen LogP contribution in [0.5, 0.6) is 0 Å². The van der Waals surface area contributed by atoms with Crippen molar-refractivity contribution >= 4 is 22.5 Å². The lowest BCUT2D eigenvalue weighted by Crippen LogP contribution is -2.10. The van der Waals surface area contributed by atoms with Gasteiger partial charge >= 0.3 is 0 Å². The fraction of sp³-hybridized carbons (Fsp3) is 0.471. The molecule has 0 atom stereocenters. The number of rotatable bonds is 6. The lowest BCUT2D eigenvalue weighted by Gasteiger charge is -2.09. The summed E-state index contributed by atoms with van der Waals surface area (Å²) in [4.78, 5) is 9.33. The van der Waals surface area contributed by atoms with Gasteiger partial charge in [0.2, 0.25) is 0 Å². The van der Waals surface area contributed by atoms with Crippen molar-refractivity contribution < 1.29 is 4.74 Å². The molecular formula is C17H23N5O. The Labute approximate surface area is 135 Å². The third-order valence-electron chi connectivity index (χ3n) is 3.92. The number of anilines is 1. The Morgan fingerprint density at radius 1 is 1.22 bits per heavy atom. The smallest absolute Gasteiger partial charge is 0.184 e. The molecule has 1 N–H and O–H groups in total. The van der Waals surface area contributed by atoms with Crippen LogP contribution >= 0.6 is 0 Å². The van der Waals surface area contributed by atoms with E-state index in [-0.39, 0.29) is 0 Å². The van der Waals surface area contributed by atoms with Crippen LogP contribution in [-0.4, -0.2) is 39.8 Å². The molecule has 23 heavy (non-hydrogen) atoms. The summed E-state index contributed by atoms with van der Waals surface area (Å²) >= 11 is 0. The summed E-state index contributed by atoms with van der Waals surface area (Å²) in [5.74, 6) is 0.956. The second-order valence-electron chi connectivity index (χ2n) is 5.77. The van der Waals surface area contributed by atoms with Crippen molar-refractivity contribution in [3.05, 3.63) is 29.1 Å². The summed E-state index contributed by atoms with van der Waals surface area (Å²) in [6.07, 6.45) is 1.83. The Kier molecular flexibility index (Phi) is 4.43. The number of hydrogen-bond donors (Lipinski definition) is 1.